The highest BCUT2D eigenvalue weighted by Gasteiger charge is 2.34. The molecule has 7 nitrogen and oxygen atoms in total. The van der Waals surface area contributed by atoms with E-state index in [1.807, 2.05) is 0 Å². The minimum absolute atomic E-state index is 0.0148. The van der Waals surface area contributed by atoms with E-state index in [0.29, 0.717) is 19.0 Å². The number of carbonyl (C=O) groups excluding carboxylic acids is 1. The lowest BCUT2D eigenvalue weighted by molar-refractivity contribution is -0.384. The molecule has 0 unspecified atom stereocenters. The Labute approximate surface area is 148 Å². The molecule has 1 aromatic rings. The molecule has 0 bridgehead atoms. The number of anilines is 1. The molecule has 0 radical (unpaired) electrons. The summed E-state index contributed by atoms with van der Waals surface area (Å²) in [5, 5.41) is 14.0. The van der Waals surface area contributed by atoms with Crippen LogP contribution in [0.5, 0.6) is 0 Å². The second-order valence-corrected chi connectivity index (χ2v) is 7.04. The van der Waals surface area contributed by atoms with Crippen molar-refractivity contribution < 1.29 is 27.6 Å². The zero-order valence-electron chi connectivity index (χ0n) is 14.6. The van der Waals surface area contributed by atoms with E-state index < -0.39 is 34.0 Å². The second-order valence-electron chi connectivity index (χ2n) is 7.04. The van der Waals surface area contributed by atoms with E-state index in [4.69, 9.17) is 4.74 Å². The molecule has 1 fully saturated rings. The molecule has 1 aromatic carbocycles. The molecule has 2 rings (SSSR count). The summed E-state index contributed by atoms with van der Waals surface area (Å²) in [6.07, 6.45) is -4.66. The van der Waals surface area contributed by atoms with Crippen molar-refractivity contribution in [2.24, 2.45) is 0 Å². The minimum atomic E-state index is -4.66. The molecule has 1 aliphatic heterocycles. The number of hydrogen-bond acceptors (Lipinski definition) is 5. The van der Waals surface area contributed by atoms with Crippen LogP contribution < -0.4 is 5.32 Å². The summed E-state index contributed by atoms with van der Waals surface area (Å²) in [5.41, 5.74) is -2.40. The van der Waals surface area contributed by atoms with Gasteiger partial charge in [0.05, 0.1) is 10.5 Å². The Morgan fingerprint density at radius 1 is 1.35 bits per heavy atom. The first kappa shape index (κ1) is 19.8. The summed E-state index contributed by atoms with van der Waals surface area (Å²) in [6.45, 7) is 5.85. The summed E-state index contributed by atoms with van der Waals surface area (Å²) in [5.74, 6) is 0. The lowest BCUT2D eigenvalue weighted by Crippen LogP contribution is -2.36. The molecule has 0 aliphatic carbocycles. The predicted octanol–water partition coefficient (Wildman–Crippen LogP) is 4.03. The van der Waals surface area contributed by atoms with Crippen LogP contribution in [0.3, 0.4) is 0 Å². The number of nitrogens with one attached hydrogen (secondary N) is 1. The number of halogens is 3. The summed E-state index contributed by atoms with van der Waals surface area (Å²) in [4.78, 5) is 23.7. The van der Waals surface area contributed by atoms with Gasteiger partial charge in [-0.2, -0.15) is 13.2 Å². The topological polar surface area (TPSA) is 84.7 Å². The number of hydrogen-bond donors (Lipinski definition) is 1. The molecule has 144 valence electrons. The van der Waals surface area contributed by atoms with Crippen LogP contribution in [0.4, 0.5) is 29.3 Å². The van der Waals surface area contributed by atoms with Gasteiger partial charge in [0.2, 0.25) is 0 Å². The van der Waals surface area contributed by atoms with Gasteiger partial charge in [-0.05, 0) is 39.3 Å². The fraction of sp³-hybridized carbons (Fsp3) is 0.562. The minimum Gasteiger partial charge on any atom is -0.444 e. The average Bonchev–Trinajstić information content (AvgIpc) is 2.93. The highest BCUT2D eigenvalue weighted by molar-refractivity contribution is 5.69. The Balaban J connectivity index is 2.10. The molecular weight excluding hydrogens is 355 g/mol. The van der Waals surface area contributed by atoms with Gasteiger partial charge < -0.3 is 15.0 Å². The van der Waals surface area contributed by atoms with Gasteiger partial charge in [-0.25, -0.2) is 4.79 Å². The number of alkyl halides is 3. The SMILES string of the molecule is CC(C)(C)OC(=O)N1CC[C@H](Nc2ccc(C(F)(F)F)cc2[N+](=O)[O-])C1. The van der Waals surface area contributed by atoms with Gasteiger partial charge in [0.15, 0.2) is 0 Å². The zero-order chi connectivity index (χ0) is 19.7. The Bertz CT molecular complexity index is 701. The Morgan fingerprint density at radius 2 is 2.00 bits per heavy atom. The van der Waals surface area contributed by atoms with Crippen LogP contribution in [0.2, 0.25) is 0 Å². The highest BCUT2D eigenvalue weighted by atomic mass is 19.4. The third kappa shape index (κ3) is 4.99. The van der Waals surface area contributed by atoms with Crippen LogP contribution >= 0.6 is 0 Å². The van der Waals surface area contributed by atoms with E-state index in [0.717, 1.165) is 12.1 Å². The molecule has 0 spiro atoms. The number of nitro groups is 1. The van der Waals surface area contributed by atoms with Crippen LogP contribution in [0, 0.1) is 10.1 Å². The number of amides is 1. The van der Waals surface area contributed by atoms with Gasteiger partial charge >= 0.3 is 12.3 Å². The molecule has 1 aliphatic rings. The summed E-state index contributed by atoms with van der Waals surface area (Å²) < 4.78 is 43.5. The molecule has 1 heterocycles. The van der Waals surface area contributed by atoms with E-state index >= 15 is 0 Å². The number of nitrogens with zero attached hydrogens (tertiary/aromatic N) is 2. The Hall–Kier alpha value is -2.52. The van der Waals surface area contributed by atoms with Gasteiger partial charge in [-0.15, -0.1) is 0 Å². The van der Waals surface area contributed by atoms with Gasteiger partial charge in [-0.3, -0.25) is 10.1 Å². The largest absolute Gasteiger partial charge is 0.444 e. The monoisotopic (exact) mass is 375 g/mol. The molecular formula is C16H20F3N3O4. The summed E-state index contributed by atoms with van der Waals surface area (Å²) in [6, 6.07) is 2.01. The third-order valence-electron chi connectivity index (χ3n) is 3.72. The molecule has 10 heteroatoms. The average molecular weight is 375 g/mol. The first-order chi connectivity index (χ1) is 11.9. The van der Waals surface area contributed by atoms with Gasteiger partial charge in [0.25, 0.3) is 5.69 Å². The van der Waals surface area contributed by atoms with Crippen LogP contribution in [0.25, 0.3) is 0 Å². The number of ether oxygens (including phenoxy) is 1. The summed E-state index contributed by atoms with van der Waals surface area (Å²) in [7, 11) is 0. The number of benzene rings is 1. The molecule has 1 atom stereocenters. The van der Waals surface area contributed by atoms with Crippen molar-refractivity contribution in [3.63, 3.8) is 0 Å². The van der Waals surface area contributed by atoms with Crippen molar-refractivity contribution in [2.75, 3.05) is 18.4 Å². The van der Waals surface area contributed by atoms with Crippen LogP contribution in [-0.4, -0.2) is 40.6 Å². The molecule has 1 N–H and O–H groups in total. The quantitative estimate of drug-likeness (QED) is 0.637. The molecule has 0 saturated carbocycles. The first-order valence-corrected chi connectivity index (χ1v) is 7.97. The number of likely N-dealkylation sites (tertiary alicyclic amines) is 1. The van der Waals surface area contributed by atoms with E-state index in [1.165, 1.54) is 4.90 Å². The van der Waals surface area contributed by atoms with Crippen molar-refractivity contribution in [3.05, 3.63) is 33.9 Å². The van der Waals surface area contributed by atoms with Crippen molar-refractivity contribution in [2.45, 2.75) is 45.0 Å². The smallest absolute Gasteiger partial charge is 0.416 e. The van der Waals surface area contributed by atoms with Crippen molar-refractivity contribution >= 4 is 17.5 Å². The number of nitro benzene ring substituents is 1. The van der Waals surface area contributed by atoms with Gasteiger partial charge in [-0.1, -0.05) is 0 Å². The van der Waals surface area contributed by atoms with Crippen LogP contribution in [0.1, 0.15) is 32.8 Å². The normalized spacial score (nSPS) is 17.9. The lowest BCUT2D eigenvalue weighted by atomic mass is 10.1. The van der Waals surface area contributed by atoms with E-state index in [2.05, 4.69) is 5.32 Å². The summed E-state index contributed by atoms with van der Waals surface area (Å²) >= 11 is 0. The third-order valence-corrected chi connectivity index (χ3v) is 3.72. The van der Waals surface area contributed by atoms with Crippen LogP contribution in [-0.2, 0) is 10.9 Å². The van der Waals surface area contributed by atoms with E-state index in [-0.39, 0.29) is 18.3 Å². The number of rotatable bonds is 3. The maximum Gasteiger partial charge on any atom is 0.416 e. The number of carbonyl (C=O) groups is 1. The second kappa shape index (κ2) is 7.00. The standard InChI is InChI=1S/C16H20F3N3O4/c1-15(2,3)26-14(23)21-7-6-11(9-21)20-12-5-4-10(16(17,18)19)8-13(12)22(24)25/h4-5,8,11,20H,6-7,9H2,1-3H3/t11-/m0/s1. The van der Waals surface area contributed by atoms with E-state index in [9.17, 15) is 28.1 Å². The maximum atomic E-state index is 12.7. The Kier molecular flexibility index (Phi) is 5.33. The van der Waals surface area contributed by atoms with Crippen molar-refractivity contribution in [3.8, 4) is 0 Å². The fourth-order valence-electron chi connectivity index (χ4n) is 2.57. The predicted molar refractivity (Wildman–Crippen MR) is 87.9 cm³/mol. The highest BCUT2D eigenvalue weighted by Crippen LogP contribution is 2.35. The Morgan fingerprint density at radius 3 is 2.54 bits per heavy atom. The van der Waals surface area contributed by atoms with Crippen molar-refractivity contribution in [1.29, 1.82) is 0 Å². The zero-order valence-corrected chi connectivity index (χ0v) is 14.6. The fourth-order valence-corrected chi connectivity index (χ4v) is 2.57. The van der Waals surface area contributed by atoms with Gasteiger partial charge in [0.1, 0.15) is 11.3 Å². The van der Waals surface area contributed by atoms with Gasteiger partial charge in [0, 0.05) is 25.2 Å². The molecule has 0 aromatic heterocycles. The molecule has 26 heavy (non-hydrogen) atoms. The molecule has 1 saturated heterocycles. The first-order valence-electron chi connectivity index (χ1n) is 7.97. The molecule has 1 amide bonds. The van der Waals surface area contributed by atoms with E-state index in [1.54, 1.807) is 20.8 Å². The maximum absolute atomic E-state index is 12.7. The van der Waals surface area contributed by atoms with Crippen molar-refractivity contribution in [1.82, 2.24) is 4.90 Å². The van der Waals surface area contributed by atoms with Crippen LogP contribution in [0.15, 0.2) is 18.2 Å². The lowest BCUT2D eigenvalue weighted by Gasteiger charge is -2.24.